The number of ether oxygens (including phenoxy) is 1. The molecule has 13 heavy (non-hydrogen) atoms. The first-order valence-electron chi connectivity index (χ1n) is 4.16. The van der Waals surface area contributed by atoms with Crippen molar-refractivity contribution in [2.24, 2.45) is 0 Å². The summed E-state index contributed by atoms with van der Waals surface area (Å²) in [5, 5.41) is 0. The molecule has 0 radical (unpaired) electrons. The van der Waals surface area contributed by atoms with Crippen LogP contribution in [0.3, 0.4) is 0 Å². The van der Waals surface area contributed by atoms with Crippen LogP contribution in [0.5, 0.6) is 5.75 Å². The molecule has 1 rings (SSSR count). The van der Waals surface area contributed by atoms with Crippen molar-refractivity contribution in [2.75, 3.05) is 7.11 Å². The highest BCUT2D eigenvalue weighted by atomic mass is 79.9. The Morgan fingerprint density at radius 2 is 2.23 bits per heavy atom. The average molecular weight is 247 g/mol. The van der Waals surface area contributed by atoms with Crippen LogP contribution >= 0.6 is 15.9 Å². The van der Waals surface area contributed by atoms with Gasteiger partial charge in [-0.25, -0.2) is 4.39 Å². The van der Waals surface area contributed by atoms with Gasteiger partial charge in [0.1, 0.15) is 0 Å². The predicted molar refractivity (Wildman–Crippen MR) is 54.9 cm³/mol. The number of hydrogen-bond donors (Lipinski definition) is 0. The second-order valence-electron chi connectivity index (χ2n) is 2.77. The fourth-order valence-corrected chi connectivity index (χ4v) is 1.39. The van der Waals surface area contributed by atoms with Crippen molar-refractivity contribution in [3.8, 4) is 5.75 Å². The van der Waals surface area contributed by atoms with Gasteiger partial charge in [-0.2, -0.15) is 0 Å². The first-order valence-corrected chi connectivity index (χ1v) is 5.08. The lowest BCUT2D eigenvalue weighted by Crippen LogP contribution is -1.92. The zero-order valence-corrected chi connectivity index (χ0v) is 9.27. The monoisotopic (exact) mass is 246 g/mol. The maximum absolute atomic E-state index is 13.0. The smallest absolute Gasteiger partial charge is 0.165 e. The highest BCUT2D eigenvalue weighted by Crippen LogP contribution is 2.29. The van der Waals surface area contributed by atoms with Crippen LogP contribution in [0, 0.1) is 5.82 Å². The second-order valence-corrected chi connectivity index (χ2v) is 3.88. The summed E-state index contributed by atoms with van der Waals surface area (Å²) in [5.41, 5.74) is 1.04. The summed E-state index contributed by atoms with van der Waals surface area (Å²) >= 11 is 3.49. The van der Waals surface area contributed by atoms with E-state index >= 15 is 0 Å². The van der Waals surface area contributed by atoms with E-state index in [1.807, 2.05) is 0 Å². The normalized spacial score (nSPS) is 12.6. The van der Waals surface area contributed by atoms with Crippen LogP contribution in [0.2, 0.25) is 0 Å². The van der Waals surface area contributed by atoms with E-state index in [0.29, 0.717) is 5.75 Å². The molecule has 3 heteroatoms. The van der Waals surface area contributed by atoms with Gasteiger partial charge in [0, 0.05) is 4.83 Å². The highest BCUT2D eigenvalue weighted by Gasteiger charge is 2.08. The molecule has 0 saturated carbocycles. The van der Waals surface area contributed by atoms with Crippen LogP contribution in [-0.4, -0.2) is 7.11 Å². The van der Waals surface area contributed by atoms with Gasteiger partial charge < -0.3 is 4.74 Å². The zero-order valence-electron chi connectivity index (χ0n) is 7.68. The summed E-state index contributed by atoms with van der Waals surface area (Å²) in [4.78, 5) is 0.266. The van der Waals surface area contributed by atoms with Crippen LogP contribution in [0.1, 0.15) is 23.7 Å². The number of halogens is 2. The van der Waals surface area contributed by atoms with Gasteiger partial charge >= 0.3 is 0 Å². The lowest BCUT2D eigenvalue weighted by Gasteiger charge is -2.09. The Hall–Kier alpha value is -0.570. The molecule has 0 saturated heterocycles. The summed E-state index contributed by atoms with van der Waals surface area (Å²) in [7, 11) is 1.47. The van der Waals surface area contributed by atoms with Gasteiger partial charge in [-0.1, -0.05) is 28.9 Å². The van der Waals surface area contributed by atoms with E-state index in [9.17, 15) is 4.39 Å². The van der Waals surface area contributed by atoms with Gasteiger partial charge in [0.2, 0.25) is 0 Å². The summed E-state index contributed by atoms with van der Waals surface area (Å²) in [6, 6.07) is 4.91. The molecule has 1 nitrogen and oxygen atoms in total. The van der Waals surface area contributed by atoms with Crippen molar-refractivity contribution in [3.05, 3.63) is 29.6 Å². The Labute approximate surface area is 86.0 Å². The lowest BCUT2D eigenvalue weighted by atomic mass is 10.1. The molecule has 0 N–H and O–H groups in total. The van der Waals surface area contributed by atoms with E-state index in [4.69, 9.17) is 4.74 Å². The first-order chi connectivity index (χ1) is 6.19. The Morgan fingerprint density at radius 3 is 2.77 bits per heavy atom. The maximum atomic E-state index is 13.0. The Bertz CT molecular complexity index is 288. The van der Waals surface area contributed by atoms with Gasteiger partial charge in [0.05, 0.1) is 7.11 Å². The molecule has 0 heterocycles. The van der Waals surface area contributed by atoms with E-state index in [1.165, 1.54) is 13.2 Å². The van der Waals surface area contributed by atoms with E-state index in [-0.39, 0.29) is 10.6 Å². The van der Waals surface area contributed by atoms with Crippen LogP contribution in [0.4, 0.5) is 4.39 Å². The standard InChI is InChI=1S/C10H12BrFO/c1-3-8(11)7-4-5-9(12)10(6-7)13-2/h4-6,8H,3H2,1-2H3. The number of benzene rings is 1. The van der Waals surface area contributed by atoms with Crippen LogP contribution in [0.15, 0.2) is 18.2 Å². The Kier molecular flexibility index (Phi) is 3.72. The van der Waals surface area contributed by atoms with Crippen molar-refractivity contribution < 1.29 is 9.13 Å². The number of rotatable bonds is 3. The van der Waals surface area contributed by atoms with Gasteiger partial charge in [-0.3, -0.25) is 0 Å². The molecule has 1 aromatic carbocycles. The topological polar surface area (TPSA) is 9.23 Å². The average Bonchev–Trinajstić information content (AvgIpc) is 2.17. The molecule has 0 bridgehead atoms. The van der Waals surface area contributed by atoms with Gasteiger partial charge in [-0.15, -0.1) is 0 Å². The fraction of sp³-hybridized carbons (Fsp3) is 0.400. The highest BCUT2D eigenvalue weighted by molar-refractivity contribution is 9.09. The summed E-state index contributed by atoms with van der Waals surface area (Å²) in [6.45, 7) is 2.06. The van der Waals surface area contributed by atoms with E-state index in [0.717, 1.165) is 12.0 Å². The number of hydrogen-bond acceptors (Lipinski definition) is 1. The van der Waals surface area contributed by atoms with E-state index < -0.39 is 0 Å². The zero-order chi connectivity index (χ0) is 9.84. The second kappa shape index (κ2) is 4.61. The Balaban J connectivity index is 2.99. The van der Waals surface area contributed by atoms with Gasteiger partial charge in [-0.05, 0) is 24.1 Å². The van der Waals surface area contributed by atoms with Crippen LogP contribution in [0.25, 0.3) is 0 Å². The van der Waals surface area contributed by atoms with Crippen molar-refractivity contribution in [3.63, 3.8) is 0 Å². The van der Waals surface area contributed by atoms with Gasteiger partial charge in [0.25, 0.3) is 0 Å². The van der Waals surface area contributed by atoms with Gasteiger partial charge in [0.15, 0.2) is 11.6 Å². The summed E-state index contributed by atoms with van der Waals surface area (Å²) in [6.07, 6.45) is 0.967. The molecule has 0 aliphatic rings. The summed E-state index contributed by atoms with van der Waals surface area (Å²) < 4.78 is 17.9. The molecular formula is C10H12BrFO. The molecule has 1 unspecified atom stereocenters. The van der Waals surface area contributed by atoms with E-state index in [1.54, 1.807) is 12.1 Å². The van der Waals surface area contributed by atoms with Crippen molar-refractivity contribution >= 4 is 15.9 Å². The van der Waals surface area contributed by atoms with Crippen molar-refractivity contribution in [1.82, 2.24) is 0 Å². The molecule has 1 atom stereocenters. The Morgan fingerprint density at radius 1 is 1.54 bits per heavy atom. The quantitative estimate of drug-likeness (QED) is 0.740. The largest absolute Gasteiger partial charge is 0.494 e. The molecule has 0 fully saturated rings. The third-order valence-corrected chi connectivity index (χ3v) is 3.07. The predicted octanol–water partition coefficient (Wildman–Crippen LogP) is 3.68. The molecule has 0 spiro atoms. The number of methoxy groups -OCH3 is 1. The molecule has 1 aromatic rings. The third-order valence-electron chi connectivity index (χ3n) is 1.90. The molecular weight excluding hydrogens is 235 g/mol. The van der Waals surface area contributed by atoms with Crippen LogP contribution < -0.4 is 4.74 Å². The fourth-order valence-electron chi connectivity index (χ4n) is 1.11. The first kappa shape index (κ1) is 10.5. The third kappa shape index (κ3) is 2.44. The molecule has 0 amide bonds. The number of alkyl halides is 1. The summed E-state index contributed by atoms with van der Waals surface area (Å²) in [5.74, 6) is -0.0162. The minimum absolute atomic E-state index is 0.266. The van der Waals surface area contributed by atoms with Crippen molar-refractivity contribution in [2.45, 2.75) is 18.2 Å². The van der Waals surface area contributed by atoms with Crippen LogP contribution in [-0.2, 0) is 0 Å². The maximum Gasteiger partial charge on any atom is 0.165 e. The van der Waals surface area contributed by atoms with E-state index in [2.05, 4.69) is 22.9 Å². The SMILES string of the molecule is CCC(Br)c1ccc(F)c(OC)c1. The molecule has 0 aliphatic heterocycles. The minimum Gasteiger partial charge on any atom is -0.494 e. The van der Waals surface area contributed by atoms with Crippen molar-refractivity contribution in [1.29, 1.82) is 0 Å². The molecule has 72 valence electrons. The lowest BCUT2D eigenvalue weighted by molar-refractivity contribution is 0.386. The molecule has 0 aliphatic carbocycles. The minimum atomic E-state index is -0.318. The molecule has 0 aromatic heterocycles.